The zero-order valence-corrected chi connectivity index (χ0v) is 11.2. The van der Waals surface area contributed by atoms with E-state index in [0.29, 0.717) is 11.8 Å². The summed E-state index contributed by atoms with van der Waals surface area (Å²) in [4.78, 5) is 0. The van der Waals surface area contributed by atoms with Gasteiger partial charge in [0.15, 0.2) is 0 Å². The monoisotopic (exact) mass is 274 g/mol. The quantitative estimate of drug-likeness (QED) is 0.652. The van der Waals surface area contributed by atoms with Gasteiger partial charge in [0.05, 0.1) is 0 Å². The third-order valence-electron chi connectivity index (χ3n) is 4.05. The Morgan fingerprint density at radius 3 is 2.75 bits per heavy atom. The van der Waals surface area contributed by atoms with Crippen LogP contribution in [0.3, 0.4) is 0 Å². The summed E-state index contributed by atoms with van der Waals surface area (Å²) in [5.74, 6) is 1.11. The first-order chi connectivity index (χ1) is 7.62. The van der Waals surface area contributed by atoms with Crippen LogP contribution in [0.2, 0.25) is 0 Å². The van der Waals surface area contributed by atoms with Crippen molar-refractivity contribution in [1.29, 1.82) is 0 Å². The van der Waals surface area contributed by atoms with Gasteiger partial charge in [-0.25, -0.2) is 0 Å². The van der Waals surface area contributed by atoms with Crippen molar-refractivity contribution in [2.45, 2.75) is 25.2 Å². The highest BCUT2D eigenvalue weighted by atomic mass is 79.9. The second-order valence-corrected chi connectivity index (χ2v) is 6.16. The lowest BCUT2D eigenvalue weighted by atomic mass is 9.74. The molecule has 0 radical (unpaired) electrons. The van der Waals surface area contributed by atoms with E-state index in [-0.39, 0.29) is 5.41 Å². The topological polar surface area (TPSA) is 0 Å². The van der Waals surface area contributed by atoms with Crippen molar-refractivity contribution >= 4 is 15.9 Å². The first-order valence-electron chi connectivity index (χ1n) is 5.75. The van der Waals surface area contributed by atoms with Crippen molar-refractivity contribution in [2.75, 3.05) is 0 Å². The number of hydrogen-bond donors (Lipinski definition) is 0. The fourth-order valence-corrected chi connectivity index (χ4v) is 3.87. The molecule has 2 unspecified atom stereocenters. The second kappa shape index (κ2) is 3.33. The second-order valence-electron chi connectivity index (χ2n) is 5.25. The molecule has 2 atom stereocenters. The van der Waals surface area contributed by atoms with Crippen LogP contribution in [0.15, 0.2) is 47.0 Å². The van der Waals surface area contributed by atoms with Gasteiger partial charge in [-0.3, -0.25) is 0 Å². The van der Waals surface area contributed by atoms with Crippen molar-refractivity contribution < 1.29 is 0 Å². The molecular formula is C15H15Br. The van der Waals surface area contributed by atoms with Crippen LogP contribution in [0.4, 0.5) is 0 Å². The number of allylic oxidation sites excluding steroid dienone is 4. The van der Waals surface area contributed by atoms with Crippen LogP contribution < -0.4 is 0 Å². The van der Waals surface area contributed by atoms with Gasteiger partial charge >= 0.3 is 0 Å². The SMILES string of the molecule is CC1(C)c2ccccc2C2C(Br)=CC=CC21. The summed E-state index contributed by atoms with van der Waals surface area (Å²) in [5, 5.41) is 0. The van der Waals surface area contributed by atoms with E-state index in [0.717, 1.165) is 0 Å². The Morgan fingerprint density at radius 2 is 1.94 bits per heavy atom. The van der Waals surface area contributed by atoms with Gasteiger partial charge in [-0.1, -0.05) is 72.3 Å². The van der Waals surface area contributed by atoms with Gasteiger partial charge < -0.3 is 0 Å². The molecule has 0 aliphatic heterocycles. The predicted molar refractivity (Wildman–Crippen MR) is 71.8 cm³/mol. The summed E-state index contributed by atoms with van der Waals surface area (Å²) >= 11 is 3.73. The van der Waals surface area contributed by atoms with E-state index in [1.807, 2.05) is 0 Å². The third kappa shape index (κ3) is 1.21. The van der Waals surface area contributed by atoms with E-state index in [1.165, 1.54) is 15.6 Å². The Balaban J connectivity index is 2.25. The molecule has 1 heteroatoms. The summed E-state index contributed by atoms with van der Waals surface area (Å²) in [6.07, 6.45) is 6.72. The lowest BCUT2D eigenvalue weighted by Crippen LogP contribution is -2.25. The maximum Gasteiger partial charge on any atom is 0.0230 e. The fourth-order valence-electron chi connectivity index (χ4n) is 3.19. The molecule has 0 nitrogen and oxygen atoms in total. The predicted octanol–water partition coefficient (Wildman–Crippen LogP) is 4.53. The van der Waals surface area contributed by atoms with Crippen LogP contribution in [-0.4, -0.2) is 0 Å². The van der Waals surface area contributed by atoms with E-state index in [2.05, 4.69) is 72.3 Å². The van der Waals surface area contributed by atoms with Gasteiger partial charge in [0.1, 0.15) is 0 Å². The highest BCUT2D eigenvalue weighted by molar-refractivity contribution is 9.11. The van der Waals surface area contributed by atoms with Crippen molar-refractivity contribution in [1.82, 2.24) is 0 Å². The largest absolute Gasteiger partial charge is 0.0796 e. The first-order valence-corrected chi connectivity index (χ1v) is 6.55. The molecule has 0 saturated heterocycles. The van der Waals surface area contributed by atoms with Gasteiger partial charge in [0.2, 0.25) is 0 Å². The standard InChI is InChI=1S/C15H15Br/c1-15(2)11-7-4-3-6-10(11)14-12(15)8-5-9-13(14)16/h3-9,12,14H,1-2H3. The minimum absolute atomic E-state index is 0.241. The Morgan fingerprint density at radius 1 is 1.19 bits per heavy atom. The lowest BCUT2D eigenvalue weighted by Gasteiger charge is -2.30. The van der Waals surface area contributed by atoms with E-state index >= 15 is 0 Å². The molecule has 82 valence electrons. The van der Waals surface area contributed by atoms with Crippen LogP contribution in [0.1, 0.15) is 30.9 Å². The smallest absolute Gasteiger partial charge is 0.0230 e. The van der Waals surface area contributed by atoms with Crippen LogP contribution in [-0.2, 0) is 5.41 Å². The molecule has 0 heterocycles. The minimum atomic E-state index is 0.241. The maximum absolute atomic E-state index is 3.73. The van der Waals surface area contributed by atoms with Crippen molar-refractivity contribution in [3.05, 3.63) is 58.1 Å². The van der Waals surface area contributed by atoms with Gasteiger partial charge in [-0.2, -0.15) is 0 Å². The molecular weight excluding hydrogens is 260 g/mol. The highest BCUT2D eigenvalue weighted by Gasteiger charge is 2.46. The van der Waals surface area contributed by atoms with E-state index in [4.69, 9.17) is 0 Å². The molecule has 2 aliphatic rings. The number of fused-ring (bicyclic) bond motifs is 3. The molecule has 0 amide bonds. The number of benzene rings is 1. The van der Waals surface area contributed by atoms with Gasteiger partial charge in [-0.05, 0) is 22.5 Å². The molecule has 2 aliphatic carbocycles. The first kappa shape index (κ1) is 10.3. The van der Waals surface area contributed by atoms with Crippen molar-refractivity contribution in [3.8, 4) is 0 Å². The summed E-state index contributed by atoms with van der Waals surface area (Å²) in [6, 6.07) is 8.85. The lowest BCUT2D eigenvalue weighted by molar-refractivity contribution is 0.393. The Hall–Kier alpha value is -0.820. The number of hydrogen-bond acceptors (Lipinski definition) is 0. The average molecular weight is 275 g/mol. The molecule has 0 N–H and O–H groups in total. The summed E-state index contributed by atoms with van der Waals surface area (Å²) in [7, 11) is 0. The normalized spacial score (nSPS) is 29.6. The van der Waals surface area contributed by atoms with Gasteiger partial charge in [0.25, 0.3) is 0 Å². The molecule has 0 fully saturated rings. The number of rotatable bonds is 0. The molecule has 1 aromatic rings. The molecule has 0 bridgehead atoms. The van der Waals surface area contributed by atoms with Crippen LogP contribution >= 0.6 is 15.9 Å². The molecule has 3 rings (SSSR count). The van der Waals surface area contributed by atoms with E-state index in [1.54, 1.807) is 0 Å². The van der Waals surface area contributed by atoms with E-state index in [9.17, 15) is 0 Å². The summed E-state index contributed by atoms with van der Waals surface area (Å²) in [5.41, 5.74) is 3.23. The zero-order valence-electron chi connectivity index (χ0n) is 9.57. The zero-order chi connectivity index (χ0) is 11.3. The summed E-state index contributed by atoms with van der Waals surface area (Å²) in [6.45, 7) is 4.71. The Kier molecular flexibility index (Phi) is 2.16. The van der Waals surface area contributed by atoms with Gasteiger partial charge in [0, 0.05) is 10.4 Å². The third-order valence-corrected chi connectivity index (χ3v) is 4.81. The Labute approximate surface area is 105 Å². The molecule has 0 saturated carbocycles. The van der Waals surface area contributed by atoms with Crippen molar-refractivity contribution in [3.63, 3.8) is 0 Å². The maximum atomic E-state index is 3.73. The molecule has 1 aromatic carbocycles. The van der Waals surface area contributed by atoms with E-state index < -0.39 is 0 Å². The number of halogens is 1. The Bertz CT molecular complexity index is 494. The minimum Gasteiger partial charge on any atom is -0.0796 e. The molecule has 0 aromatic heterocycles. The van der Waals surface area contributed by atoms with Crippen LogP contribution in [0.25, 0.3) is 0 Å². The summed E-state index contributed by atoms with van der Waals surface area (Å²) < 4.78 is 1.32. The van der Waals surface area contributed by atoms with Crippen molar-refractivity contribution in [2.24, 2.45) is 5.92 Å². The van der Waals surface area contributed by atoms with Gasteiger partial charge in [-0.15, -0.1) is 0 Å². The fraction of sp³-hybridized carbons (Fsp3) is 0.333. The molecule has 16 heavy (non-hydrogen) atoms. The van der Waals surface area contributed by atoms with Crippen LogP contribution in [0.5, 0.6) is 0 Å². The molecule has 0 spiro atoms. The average Bonchev–Trinajstić information content (AvgIpc) is 2.51. The highest BCUT2D eigenvalue weighted by Crippen LogP contribution is 2.55. The van der Waals surface area contributed by atoms with Crippen LogP contribution in [0, 0.1) is 5.92 Å².